The van der Waals surface area contributed by atoms with Crippen LogP contribution in [0.5, 0.6) is 0 Å². The number of hydrogen-bond donors (Lipinski definition) is 0. The summed E-state index contributed by atoms with van der Waals surface area (Å²) in [6.07, 6.45) is 0.426. The molecule has 3 nitrogen and oxygen atoms in total. The Hall–Kier alpha value is -2.28. The zero-order valence-electron chi connectivity index (χ0n) is 17.4. The predicted octanol–water partition coefficient (Wildman–Crippen LogP) is 4.87. The summed E-state index contributed by atoms with van der Waals surface area (Å²) in [6, 6.07) is 5.88. The molecule has 7 heteroatoms. The van der Waals surface area contributed by atoms with Crippen molar-refractivity contribution in [3.8, 4) is 11.1 Å². The summed E-state index contributed by atoms with van der Waals surface area (Å²) in [5, 5.41) is 0. The Labute approximate surface area is 176 Å². The van der Waals surface area contributed by atoms with Crippen molar-refractivity contribution in [1.29, 1.82) is 0 Å². The van der Waals surface area contributed by atoms with E-state index in [0.717, 1.165) is 6.07 Å². The molecule has 3 rings (SSSR count). The number of aryl methyl sites for hydroxylation is 1. The van der Waals surface area contributed by atoms with Crippen molar-refractivity contribution in [2.75, 3.05) is 0 Å². The van der Waals surface area contributed by atoms with Crippen molar-refractivity contribution < 1.29 is 27.0 Å². The molecule has 0 unspecified atom stereocenters. The number of hydrogen-bond acceptors (Lipinski definition) is 3. The summed E-state index contributed by atoms with van der Waals surface area (Å²) in [4.78, 5) is 26.3. The first kappa shape index (κ1) is 22.4. The molecule has 2 aromatic rings. The maximum absolute atomic E-state index is 14.2. The molecule has 1 aliphatic rings. The monoisotopic (exact) mass is 436 g/mol. The van der Waals surface area contributed by atoms with Gasteiger partial charge in [-0.2, -0.15) is 0 Å². The second-order valence-electron chi connectivity index (χ2n) is 8.46. The fraction of sp³-hybridized carbons (Fsp3) is 0.391. The number of halogens is 3. The Morgan fingerprint density at radius 2 is 1.40 bits per heavy atom. The van der Waals surface area contributed by atoms with Crippen LogP contribution in [0.3, 0.4) is 0 Å². The highest BCUT2D eigenvalue weighted by Gasteiger charge is 2.57. The van der Waals surface area contributed by atoms with E-state index in [4.69, 9.17) is 0 Å². The van der Waals surface area contributed by atoms with Crippen LogP contribution in [0.15, 0.2) is 30.3 Å². The fourth-order valence-corrected chi connectivity index (χ4v) is 5.90. The van der Waals surface area contributed by atoms with Gasteiger partial charge in [0.1, 0.15) is 21.2 Å². The van der Waals surface area contributed by atoms with E-state index in [1.165, 1.54) is 6.07 Å². The van der Waals surface area contributed by atoms with E-state index in [1.807, 2.05) is 6.92 Å². The molecule has 2 aromatic carbocycles. The highest BCUT2D eigenvalue weighted by atomic mass is 32.2. The Bertz CT molecular complexity index is 1060. The number of carbonyl (C=O) groups excluding carboxylic acids is 2. The third kappa shape index (κ3) is 3.33. The summed E-state index contributed by atoms with van der Waals surface area (Å²) in [7, 11) is -1.69. The maximum atomic E-state index is 14.2. The van der Waals surface area contributed by atoms with Crippen LogP contribution in [-0.2, 0) is 26.8 Å². The van der Waals surface area contributed by atoms with Crippen LogP contribution >= 0.6 is 0 Å². The fourth-order valence-electron chi connectivity index (χ4n) is 4.02. The lowest BCUT2D eigenvalue weighted by Crippen LogP contribution is -2.59. The molecule has 1 aliphatic heterocycles. The molecule has 0 aliphatic carbocycles. The van der Waals surface area contributed by atoms with Crippen molar-refractivity contribution in [2.45, 2.75) is 56.5 Å². The maximum Gasteiger partial charge on any atom is 0.165 e. The van der Waals surface area contributed by atoms with E-state index in [1.54, 1.807) is 39.8 Å². The molecule has 0 N–H and O–H groups in total. The summed E-state index contributed by atoms with van der Waals surface area (Å²) in [5.41, 5.74) is 1.28. The molecule has 1 fully saturated rings. The number of Topliss-reactive ketones (excluding diaryl/α,β-unsaturated/α-hetero) is 2. The van der Waals surface area contributed by atoms with Crippen molar-refractivity contribution in [3.63, 3.8) is 0 Å². The third-order valence-corrected chi connectivity index (χ3v) is 8.05. The topological polar surface area (TPSA) is 51.2 Å². The second kappa shape index (κ2) is 7.45. The Balaban J connectivity index is 2.16. The minimum absolute atomic E-state index is 0.113. The predicted molar refractivity (Wildman–Crippen MR) is 110 cm³/mol. The molecule has 30 heavy (non-hydrogen) atoms. The zero-order chi connectivity index (χ0) is 22.6. The van der Waals surface area contributed by atoms with E-state index in [0.29, 0.717) is 29.2 Å². The van der Waals surface area contributed by atoms with Crippen LogP contribution in [0.1, 0.15) is 51.7 Å². The molecule has 0 radical (unpaired) electrons. The molecule has 160 valence electrons. The number of ketones is 2. The van der Waals surface area contributed by atoms with Crippen LogP contribution in [0.4, 0.5) is 13.2 Å². The van der Waals surface area contributed by atoms with Crippen LogP contribution in [0.2, 0.25) is 0 Å². The van der Waals surface area contributed by atoms with Gasteiger partial charge in [-0.15, -0.1) is 0 Å². The van der Waals surface area contributed by atoms with Gasteiger partial charge in [0, 0.05) is 22.4 Å². The van der Waals surface area contributed by atoms with Gasteiger partial charge >= 0.3 is 0 Å². The van der Waals surface area contributed by atoms with Crippen LogP contribution in [0, 0.1) is 17.5 Å². The Morgan fingerprint density at radius 1 is 0.867 bits per heavy atom. The summed E-state index contributed by atoms with van der Waals surface area (Å²) >= 11 is 0. The summed E-state index contributed by atoms with van der Waals surface area (Å²) < 4.78 is 51.6. The number of rotatable bonds is 3. The molecule has 1 heterocycles. The van der Waals surface area contributed by atoms with Gasteiger partial charge in [0.25, 0.3) is 0 Å². The van der Waals surface area contributed by atoms with Crippen molar-refractivity contribution in [3.05, 3.63) is 58.9 Å². The normalized spacial score (nSPS) is 22.9. The van der Waals surface area contributed by atoms with E-state index in [2.05, 4.69) is 0 Å². The second-order valence-corrected chi connectivity index (χ2v) is 11.0. The van der Waals surface area contributed by atoms with Crippen LogP contribution in [0.25, 0.3) is 11.1 Å². The minimum Gasteiger partial charge on any atom is -0.297 e. The smallest absolute Gasteiger partial charge is 0.165 e. The number of benzene rings is 2. The lowest BCUT2D eigenvalue weighted by atomic mass is 9.77. The van der Waals surface area contributed by atoms with Crippen LogP contribution in [-0.4, -0.2) is 25.3 Å². The van der Waals surface area contributed by atoms with Crippen molar-refractivity contribution in [1.82, 2.24) is 0 Å². The third-order valence-electron chi connectivity index (χ3n) is 5.79. The standard InChI is InChI=1S/C23H23F3O3S/c1-6-12-9-13(15-10-17(25)18(26)11-16(15)24)7-8-14(12)19-20(27)22(2,3)30(29)23(4,5)21(19)28/h7-11,19H,6H2,1-5H3. The highest BCUT2D eigenvalue weighted by molar-refractivity contribution is 7.89. The average molecular weight is 436 g/mol. The van der Waals surface area contributed by atoms with E-state index in [9.17, 15) is 27.0 Å². The highest BCUT2D eigenvalue weighted by Crippen LogP contribution is 2.42. The van der Waals surface area contributed by atoms with Gasteiger partial charge in [0.05, 0.1) is 0 Å². The lowest BCUT2D eigenvalue weighted by molar-refractivity contribution is -0.132. The summed E-state index contributed by atoms with van der Waals surface area (Å²) in [5.74, 6) is -5.30. The SMILES string of the molecule is CCc1cc(-c2cc(F)c(F)cc2F)ccc1C1C(=O)C(C)(C)S(=O)C(C)(C)C1=O. The quantitative estimate of drug-likeness (QED) is 0.509. The van der Waals surface area contributed by atoms with Gasteiger partial charge in [0.15, 0.2) is 23.2 Å². The molecule has 0 amide bonds. The Morgan fingerprint density at radius 3 is 1.93 bits per heavy atom. The largest absolute Gasteiger partial charge is 0.297 e. The molecular formula is C23H23F3O3S. The minimum atomic E-state index is -1.69. The lowest BCUT2D eigenvalue weighted by Gasteiger charge is -2.41. The van der Waals surface area contributed by atoms with Gasteiger partial charge in [-0.3, -0.25) is 13.8 Å². The zero-order valence-corrected chi connectivity index (χ0v) is 18.3. The molecule has 0 saturated carbocycles. The van der Waals surface area contributed by atoms with Gasteiger partial charge in [-0.25, -0.2) is 13.2 Å². The van der Waals surface area contributed by atoms with E-state index >= 15 is 0 Å². The molecule has 0 spiro atoms. The van der Waals surface area contributed by atoms with Crippen LogP contribution < -0.4 is 0 Å². The molecular weight excluding hydrogens is 413 g/mol. The van der Waals surface area contributed by atoms with Crippen molar-refractivity contribution in [2.24, 2.45) is 0 Å². The molecule has 1 saturated heterocycles. The van der Waals surface area contributed by atoms with Gasteiger partial charge in [-0.05, 0) is 56.9 Å². The first-order chi connectivity index (χ1) is 13.8. The number of carbonyl (C=O) groups is 2. The Kier molecular flexibility index (Phi) is 5.56. The molecule has 0 atom stereocenters. The van der Waals surface area contributed by atoms with E-state index < -0.39 is 55.2 Å². The molecule has 0 bridgehead atoms. The van der Waals surface area contributed by atoms with Crippen molar-refractivity contribution >= 4 is 22.4 Å². The van der Waals surface area contributed by atoms with E-state index in [-0.39, 0.29) is 5.56 Å². The average Bonchev–Trinajstić information content (AvgIpc) is 2.69. The first-order valence-electron chi connectivity index (χ1n) is 9.62. The summed E-state index contributed by atoms with van der Waals surface area (Å²) in [6.45, 7) is 8.11. The van der Waals surface area contributed by atoms with Gasteiger partial charge < -0.3 is 0 Å². The van der Waals surface area contributed by atoms with Gasteiger partial charge in [-0.1, -0.05) is 25.1 Å². The van der Waals surface area contributed by atoms with Gasteiger partial charge in [0.2, 0.25) is 0 Å². The first-order valence-corrected chi connectivity index (χ1v) is 10.8. The molecule has 0 aromatic heterocycles.